The number of urea groups is 1. The van der Waals surface area contributed by atoms with Crippen LogP contribution in [0.25, 0.3) is 22.3 Å². The zero-order valence-corrected chi connectivity index (χ0v) is 51.7. The molecule has 472 valence electrons. The van der Waals surface area contributed by atoms with E-state index >= 15 is 13.3 Å². The maximum Gasteiger partial charge on any atom is 0.325 e. The van der Waals surface area contributed by atoms with E-state index < -0.39 is 111 Å². The van der Waals surface area contributed by atoms with E-state index in [4.69, 9.17) is 46.3 Å². The number of fused-ring (bicyclic) bond motifs is 4. The highest BCUT2D eigenvalue weighted by atomic mass is 32.7. The molecule has 4 aromatic heterocycles. The van der Waals surface area contributed by atoms with Gasteiger partial charge in [-0.1, -0.05) is 121 Å². The van der Waals surface area contributed by atoms with Crippen LogP contribution in [-0.2, 0) is 59.6 Å². The largest absolute Gasteiger partial charge is 0.382 e. The molecule has 12 atom stereocenters. The predicted octanol–water partition coefficient (Wildman–Crippen LogP) is 7.65. The van der Waals surface area contributed by atoms with Gasteiger partial charge in [0.2, 0.25) is 17.7 Å². The van der Waals surface area contributed by atoms with E-state index in [1.54, 1.807) is 38.1 Å². The van der Waals surface area contributed by atoms with E-state index in [1.807, 2.05) is 0 Å². The zero-order chi connectivity index (χ0) is 61.5. The van der Waals surface area contributed by atoms with Crippen molar-refractivity contribution in [3.63, 3.8) is 0 Å². The number of primary amides is 1. The van der Waals surface area contributed by atoms with Gasteiger partial charge in [-0.25, -0.2) is 38.5 Å². The minimum absolute atomic E-state index is 0.0125. The molecule has 0 bridgehead atoms. The number of nitrogen functional groups attached to an aromatic ring is 1. The van der Waals surface area contributed by atoms with Gasteiger partial charge in [-0.05, 0) is 54.7 Å². The molecule has 10 N–H and O–H groups in total. The van der Waals surface area contributed by atoms with Gasteiger partial charge in [-0.15, -0.1) is 0 Å². The van der Waals surface area contributed by atoms with E-state index in [0.29, 0.717) is 17.7 Å². The minimum Gasteiger partial charge on any atom is -0.382 e. The monoisotopic (exact) mass is 1280 g/mol. The highest BCUT2D eigenvalue weighted by molar-refractivity contribution is 8.56. The average Bonchev–Trinajstić information content (AvgIpc) is 1.81. The van der Waals surface area contributed by atoms with E-state index in [1.165, 1.54) is 68.7 Å². The number of imidazole rings is 2. The van der Waals surface area contributed by atoms with Crippen molar-refractivity contribution in [2.45, 2.75) is 190 Å². The Bertz CT molecular complexity index is 3260. The minimum atomic E-state index is -4.52. The molecular formula is C54H78F2N14O12P2S2. The average molecular weight is 1280 g/mol. The van der Waals surface area contributed by atoms with Crippen molar-refractivity contribution in [3.8, 4) is 0 Å². The molecule has 3 aliphatic heterocycles. The van der Waals surface area contributed by atoms with Gasteiger partial charge in [0.15, 0.2) is 47.4 Å². The maximum atomic E-state index is 17.5. The molecule has 0 radical (unpaired) electrons. The van der Waals surface area contributed by atoms with E-state index in [9.17, 15) is 28.9 Å². The summed E-state index contributed by atoms with van der Waals surface area (Å²) in [4.78, 5) is 99.6. The number of hydrogen-bond donors (Lipinski definition) is 8. The first-order valence-corrected chi connectivity index (χ1v) is 35.1. The molecular weight excluding hydrogens is 1200 g/mol. The summed E-state index contributed by atoms with van der Waals surface area (Å²) in [6.45, 7) is -4.42. The molecule has 26 nitrogen and oxygen atoms in total. The highest BCUT2D eigenvalue weighted by Gasteiger charge is 2.59. The first-order valence-electron chi connectivity index (χ1n) is 29.3. The van der Waals surface area contributed by atoms with Gasteiger partial charge in [0.05, 0.1) is 38.3 Å². The van der Waals surface area contributed by atoms with Gasteiger partial charge in [0.25, 0.3) is 12.1 Å². The van der Waals surface area contributed by atoms with Crippen molar-refractivity contribution in [2.24, 2.45) is 11.7 Å². The van der Waals surface area contributed by atoms with Crippen molar-refractivity contribution in [2.75, 3.05) is 30.8 Å². The number of nitrogens with one attached hydrogen (secondary N) is 5. The van der Waals surface area contributed by atoms with Crippen molar-refractivity contribution < 1.29 is 60.5 Å². The van der Waals surface area contributed by atoms with Gasteiger partial charge < -0.3 is 61.1 Å². The number of carbonyl (C=O) groups excluding carboxylic acids is 4. The van der Waals surface area contributed by atoms with Gasteiger partial charge in [0, 0.05) is 24.4 Å². The van der Waals surface area contributed by atoms with Crippen LogP contribution in [-0.4, -0.2) is 136 Å². The molecule has 0 spiro atoms. The summed E-state index contributed by atoms with van der Waals surface area (Å²) in [5, 5.41) is 11.0. The van der Waals surface area contributed by atoms with Crippen LogP contribution in [0, 0.1) is 5.92 Å². The lowest BCUT2D eigenvalue weighted by Gasteiger charge is -2.28. The number of H-pyrrole nitrogens is 1. The Kier molecular flexibility index (Phi) is 24.0. The summed E-state index contributed by atoms with van der Waals surface area (Å²) < 4.78 is 82.6. The second-order valence-electron chi connectivity index (χ2n) is 22.1. The molecule has 3 aliphatic rings. The number of ether oxygens (including phenoxy) is 2. The Morgan fingerprint density at radius 3 is 2.09 bits per heavy atom. The molecule has 3 saturated heterocycles. The van der Waals surface area contributed by atoms with Gasteiger partial charge in [0.1, 0.15) is 41.8 Å². The Labute approximate surface area is 505 Å². The molecule has 2 unspecified atom stereocenters. The summed E-state index contributed by atoms with van der Waals surface area (Å²) in [6, 6.07) is 3.54. The number of aromatic nitrogens is 8. The molecule has 32 heteroatoms. The maximum absolute atomic E-state index is 17.5. The number of nitrogens with zero attached hydrogens (tertiary/aromatic N) is 7. The number of anilines is 2. The highest BCUT2D eigenvalue weighted by Crippen LogP contribution is 2.70. The SMILES string of the molecule is CCCCCCCCCCCCCCCC(=O)N[C@H](C(=O)N[C@@H](CCCNC(N)=O)C(=O)Nc1ccc(CSP2(=O)OC[C@H]3O[C@@H](n4cnc5c(N)ncnc54)[C@H](F)[C@@H]3OP(O)(=S)OC[C@H]3O[C@@H](n4cnc5c(=O)[nH]cnc54)[C@H](F)[C@@H]32)cc1)C(C)C. The Morgan fingerprint density at radius 2 is 1.43 bits per heavy atom. The molecule has 7 heterocycles. The summed E-state index contributed by atoms with van der Waals surface area (Å²) in [5.41, 5.74) is 9.86. The molecule has 0 saturated carbocycles. The first-order chi connectivity index (χ1) is 41.3. The third kappa shape index (κ3) is 17.2. The summed E-state index contributed by atoms with van der Waals surface area (Å²) >= 11 is 6.09. The molecule has 86 heavy (non-hydrogen) atoms. The second-order valence-corrected chi connectivity index (χ2v) is 29.6. The summed E-state index contributed by atoms with van der Waals surface area (Å²) in [6.07, 6.45) is 8.37. The van der Waals surface area contributed by atoms with Crippen LogP contribution in [0.5, 0.6) is 0 Å². The van der Waals surface area contributed by atoms with E-state index in [0.717, 1.165) is 54.2 Å². The number of unbranched alkanes of at least 4 members (excludes halogenated alkanes) is 12. The van der Waals surface area contributed by atoms with Crippen LogP contribution >= 0.6 is 24.7 Å². The van der Waals surface area contributed by atoms with Crippen molar-refractivity contribution in [3.05, 3.63) is 65.5 Å². The number of aromatic amines is 1. The first kappa shape index (κ1) is 66.4. The lowest BCUT2D eigenvalue weighted by atomic mass is 10.0. The van der Waals surface area contributed by atoms with Crippen molar-refractivity contribution >= 4 is 94.1 Å². The number of carbonyl (C=O) groups is 4. The standard InChI is InChI=1S/C54H78F2N14O12P2S2/c1-4-5-6-7-8-9-10-11-12-13-14-15-16-19-38(71)68-41(32(2)3)51(74)67-35(18-17-24-59-54(58)75)49(72)66-34-22-20-33(21-23-34)27-86-83(76)45-37(81-53(40(45)56)70-31-65-43-48(70)62-29-63-50(43)73)26-79-84(77,85)82-44-36(25-78-83)80-52(39(44)55)69-30-64-42-46(57)60-28-61-47(42)69/h20-23,28-32,35-37,39-41,44-45,52-53H,4-19,24-27H2,1-3H3,(H,66,72)(H,67,74)(H,68,71)(H,77,85)(H2,57,60,61)(H3,58,59,75)(H,62,63,73)/t35-,36+,37+,39+,40+,41-,44+,45+,52+,53+,83?,84?/m0/s1. The number of nitrogens with two attached hydrogens (primary N) is 2. The quantitative estimate of drug-likeness (QED) is 0.0168. The zero-order valence-electron chi connectivity index (χ0n) is 48.3. The fraction of sp³-hybridized carbons (Fsp3) is 0.630. The van der Waals surface area contributed by atoms with Gasteiger partial charge in [-0.3, -0.25) is 37.4 Å². The fourth-order valence-electron chi connectivity index (χ4n) is 10.7. The molecule has 3 fully saturated rings. The van der Waals surface area contributed by atoms with Crippen LogP contribution < -0.4 is 38.3 Å². The fourth-order valence-corrected chi connectivity index (χ4v) is 17.1. The number of amides is 5. The molecule has 0 aliphatic carbocycles. The van der Waals surface area contributed by atoms with E-state index in [-0.39, 0.29) is 71.5 Å². The van der Waals surface area contributed by atoms with Crippen LogP contribution in [0.1, 0.15) is 142 Å². The molecule has 5 aromatic rings. The normalized spacial score (nSPS) is 25.7. The Hall–Kier alpha value is -5.55. The van der Waals surface area contributed by atoms with Crippen LogP contribution in [0.15, 0.2) is 54.4 Å². The number of hydrogen-bond acceptors (Lipinski definition) is 19. The van der Waals surface area contributed by atoms with Gasteiger partial charge >= 0.3 is 12.7 Å². The third-order valence-corrected chi connectivity index (χ3v) is 22.1. The Morgan fingerprint density at radius 1 is 0.814 bits per heavy atom. The molecule has 1 aromatic carbocycles. The number of rotatable bonds is 29. The predicted molar refractivity (Wildman–Crippen MR) is 322 cm³/mol. The van der Waals surface area contributed by atoms with Crippen molar-refractivity contribution in [1.29, 1.82) is 0 Å². The van der Waals surface area contributed by atoms with Crippen LogP contribution in [0.2, 0.25) is 0 Å². The van der Waals surface area contributed by atoms with Crippen LogP contribution in [0.4, 0.5) is 25.1 Å². The lowest BCUT2D eigenvalue weighted by molar-refractivity contribution is -0.132. The topological polar surface area (TPSA) is 359 Å². The Balaban J connectivity index is 0.938. The van der Waals surface area contributed by atoms with E-state index in [2.05, 4.69) is 58.1 Å². The molecule has 8 rings (SSSR count). The lowest BCUT2D eigenvalue weighted by Crippen LogP contribution is -2.54. The number of alkyl halides is 2. The second kappa shape index (κ2) is 31.1. The summed E-state index contributed by atoms with van der Waals surface area (Å²) in [5.74, 6) is -1.84. The molecule has 5 amide bonds. The summed E-state index contributed by atoms with van der Waals surface area (Å²) in [7, 11) is 0. The van der Waals surface area contributed by atoms with Gasteiger partial charge in [-0.2, -0.15) is 0 Å². The third-order valence-electron chi connectivity index (χ3n) is 15.3. The van der Waals surface area contributed by atoms with Crippen LogP contribution in [0.3, 0.4) is 0 Å². The smallest absolute Gasteiger partial charge is 0.325 e. The number of halogens is 2. The number of benzene rings is 1. The van der Waals surface area contributed by atoms with Crippen molar-refractivity contribution in [1.82, 2.24) is 55.0 Å².